The maximum absolute atomic E-state index is 13.2. The minimum atomic E-state index is -0.251. The van der Waals surface area contributed by atoms with Crippen LogP contribution in [0.25, 0.3) is 0 Å². The van der Waals surface area contributed by atoms with Gasteiger partial charge in [-0.3, -0.25) is 0 Å². The first kappa shape index (κ1) is 12.0. The van der Waals surface area contributed by atoms with Gasteiger partial charge in [-0.25, -0.2) is 4.39 Å². The number of hydrogen-bond donors (Lipinski definition) is 1. The van der Waals surface area contributed by atoms with Gasteiger partial charge in [0.05, 0.1) is 11.8 Å². The van der Waals surface area contributed by atoms with E-state index in [1.165, 1.54) is 6.07 Å². The lowest BCUT2D eigenvalue weighted by molar-refractivity contribution is 0.628. The average molecular weight is 271 g/mol. The molecule has 0 fully saturated rings. The van der Waals surface area contributed by atoms with Gasteiger partial charge in [0.2, 0.25) is 0 Å². The summed E-state index contributed by atoms with van der Waals surface area (Å²) in [5, 5.41) is 11.3. The second-order valence-electron chi connectivity index (χ2n) is 3.17. The Hall–Kier alpha value is -1.08. The predicted octanol–water partition coefficient (Wildman–Crippen LogP) is 3.69. The van der Waals surface area contributed by atoms with E-state index in [0.717, 1.165) is 17.3 Å². The van der Waals surface area contributed by atoms with Gasteiger partial charge in [-0.15, -0.1) is 0 Å². The molecule has 0 radical (unpaired) electrons. The van der Waals surface area contributed by atoms with Crippen molar-refractivity contribution in [2.24, 2.45) is 0 Å². The van der Waals surface area contributed by atoms with Gasteiger partial charge >= 0.3 is 0 Å². The first-order chi connectivity index (χ1) is 7.24. The molecule has 2 nitrogen and oxygen atoms in total. The molecule has 80 valence electrons. The quantitative estimate of drug-likeness (QED) is 0.829. The van der Waals surface area contributed by atoms with Crippen LogP contribution < -0.4 is 5.32 Å². The van der Waals surface area contributed by atoms with Crippen LogP contribution >= 0.6 is 15.9 Å². The summed E-state index contributed by atoms with van der Waals surface area (Å²) in [5.41, 5.74) is 0.501. The van der Waals surface area contributed by atoms with Gasteiger partial charge in [-0.2, -0.15) is 5.26 Å². The summed E-state index contributed by atoms with van der Waals surface area (Å²) in [6, 6.07) is 6.87. The molecule has 1 rings (SSSR count). The standard InChI is InChI=1S/C11H12BrFN2/c12-9-4-5-10(13)11(8-9)15-7-3-1-2-6-14/h4-5,8,15H,1-3,7H2. The van der Waals surface area contributed by atoms with Crippen LogP contribution in [0, 0.1) is 17.1 Å². The monoisotopic (exact) mass is 270 g/mol. The van der Waals surface area contributed by atoms with Crippen molar-refractivity contribution in [1.82, 2.24) is 0 Å². The third kappa shape index (κ3) is 4.30. The average Bonchev–Trinajstić information content (AvgIpc) is 2.23. The zero-order chi connectivity index (χ0) is 11.1. The number of hydrogen-bond acceptors (Lipinski definition) is 2. The Bertz CT molecular complexity index is 360. The van der Waals surface area contributed by atoms with Gasteiger partial charge in [-0.05, 0) is 31.0 Å². The topological polar surface area (TPSA) is 35.8 Å². The van der Waals surface area contributed by atoms with Gasteiger partial charge in [0, 0.05) is 17.4 Å². The van der Waals surface area contributed by atoms with Crippen LogP contribution in [0.1, 0.15) is 19.3 Å². The lowest BCUT2D eigenvalue weighted by atomic mass is 10.2. The van der Waals surface area contributed by atoms with Crippen LogP contribution in [0.3, 0.4) is 0 Å². The molecular weight excluding hydrogens is 259 g/mol. The van der Waals surface area contributed by atoms with E-state index in [0.29, 0.717) is 18.7 Å². The predicted molar refractivity (Wildman–Crippen MR) is 62.1 cm³/mol. The molecule has 0 unspecified atom stereocenters. The fourth-order valence-corrected chi connectivity index (χ4v) is 1.55. The van der Waals surface area contributed by atoms with Crippen LogP contribution in [0.15, 0.2) is 22.7 Å². The highest BCUT2D eigenvalue weighted by molar-refractivity contribution is 9.10. The molecule has 1 aromatic rings. The van der Waals surface area contributed by atoms with Crippen molar-refractivity contribution in [3.63, 3.8) is 0 Å². The van der Waals surface area contributed by atoms with Crippen LogP contribution in [0.2, 0.25) is 0 Å². The second kappa shape index (κ2) is 6.41. The largest absolute Gasteiger partial charge is 0.383 e. The van der Waals surface area contributed by atoms with Crippen molar-refractivity contribution in [3.05, 3.63) is 28.5 Å². The Labute approximate surface area is 97.2 Å². The number of nitrogens with one attached hydrogen (secondary N) is 1. The van der Waals surface area contributed by atoms with Crippen molar-refractivity contribution >= 4 is 21.6 Å². The van der Waals surface area contributed by atoms with Gasteiger partial charge < -0.3 is 5.32 Å². The number of benzene rings is 1. The number of nitrogens with zero attached hydrogens (tertiary/aromatic N) is 1. The van der Waals surface area contributed by atoms with Crippen molar-refractivity contribution in [2.45, 2.75) is 19.3 Å². The molecule has 4 heteroatoms. The summed E-state index contributed by atoms with van der Waals surface area (Å²) < 4.78 is 14.1. The molecule has 0 aromatic heterocycles. The third-order valence-corrected chi connectivity index (χ3v) is 2.45. The van der Waals surface area contributed by atoms with E-state index < -0.39 is 0 Å². The van der Waals surface area contributed by atoms with Gasteiger partial charge in [0.1, 0.15) is 5.82 Å². The molecule has 0 aliphatic rings. The van der Waals surface area contributed by atoms with Gasteiger partial charge in [0.25, 0.3) is 0 Å². The summed E-state index contributed by atoms with van der Waals surface area (Å²) in [4.78, 5) is 0. The van der Waals surface area contributed by atoms with E-state index in [1.54, 1.807) is 12.1 Å². The first-order valence-corrected chi connectivity index (χ1v) is 5.59. The molecule has 0 aliphatic heterocycles. The second-order valence-corrected chi connectivity index (χ2v) is 4.08. The molecule has 0 saturated carbocycles. The Morgan fingerprint density at radius 1 is 1.40 bits per heavy atom. The van der Waals surface area contributed by atoms with E-state index in [-0.39, 0.29) is 5.82 Å². The number of anilines is 1. The molecule has 15 heavy (non-hydrogen) atoms. The van der Waals surface area contributed by atoms with Crippen molar-refractivity contribution in [1.29, 1.82) is 5.26 Å². The highest BCUT2D eigenvalue weighted by atomic mass is 79.9. The minimum Gasteiger partial charge on any atom is -0.383 e. The molecule has 0 atom stereocenters. The summed E-state index contributed by atoms with van der Waals surface area (Å²) >= 11 is 3.28. The highest BCUT2D eigenvalue weighted by Gasteiger charge is 2.01. The van der Waals surface area contributed by atoms with E-state index in [4.69, 9.17) is 5.26 Å². The molecular formula is C11H12BrFN2. The molecule has 0 saturated heterocycles. The molecule has 0 spiro atoms. The number of rotatable bonds is 5. The molecule has 0 amide bonds. The first-order valence-electron chi connectivity index (χ1n) is 4.80. The van der Waals surface area contributed by atoms with Gasteiger partial charge in [0.15, 0.2) is 0 Å². The Balaban J connectivity index is 2.37. The molecule has 0 heterocycles. The van der Waals surface area contributed by atoms with Gasteiger partial charge in [-0.1, -0.05) is 15.9 Å². The lowest BCUT2D eigenvalue weighted by Crippen LogP contribution is -2.03. The fraction of sp³-hybridized carbons (Fsp3) is 0.364. The van der Waals surface area contributed by atoms with E-state index in [9.17, 15) is 4.39 Å². The SMILES string of the molecule is N#CCCCCNc1cc(Br)ccc1F. The minimum absolute atomic E-state index is 0.251. The normalized spacial score (nSPS) is 9.67. The molecule has 0 bridgehead atoms. The maximum atomic E-state index is 13.2. The summed E-state index contributed by atoms with van der Waals surface area (Å²) in [7, 11) is 0. The van der Waals surface area contributed by atoms with Crippen molar-refractivity contribution < 1.29 is 4.39 Å². The van der Waals surface area contributed by atoms with Crippen LogP contribution in [-0.2, 0) is 0 Å². The van der Waals surface area contributed by atoms with Crippen molar-refractivity contribution in [3.8, 4) is 6.07 Å². The highest BCUT2D eigenvalue weighted by Crippen LogP contribution is 2.19. The Morgan fingerprint density at radius 3 is 2.93 bits per heavy atom. The van der Waals surface area contributed by atoms with Crippen LogP contribution in [0.5, 0.6) is 0 Å². The summed E-state index contributed by atoms with van der Waals surface area (Å²) in [6.07, 6.45) is 2.28. The van der Waals surface area contributed by atoms with E-state index in [1.807, 2.05) is 0 Å². The molecule has 1 N–H and O–H groups in total. The number of nitriles is 1. The molecule has 1 aromatic carbocycles. The fourth-order valence-electron chi connectivity index (χ4n) is 1.19. The summed E-state index contributed by atoms with van der Waals surface area (Å²) in [6.45, 7) is 0.690. The number of unbranched alkanes of at least 4 members (excludes halogenated alkanes) is 2. The zero-order valence-corrected chi connectivity index (χ0v) is 9.85. The van der Waals surface area contributed by atoms with E-state index >= 15 is 0 Å². The Kier molecular flexibility index (Phi) is 5.13. The third-order valence-electron chi connectivity index (χ3n) is 1.96. The lowest BCUT2D eigenvalue weighted by Gasteiger charge is -2.06. The maximum Gasteiger partial charge on any atom is 0.146 e. The van der Waals surface area contributed by atoms with Crippen molar-refractivity contribution in [2.75, 3.05) is 11.9 Å². The smallest absolute Gasteiger partial charge is 0.146 e. The van der Waals surface area contributed by atoms with E-state index in [2.05, 4.69) is 27.3 Å². The molecule has 0 aliphatic carbocycles. The number of halogens is 2. The summed E-state index contributed by atoms with van der Waals surface area (Å²) in [5.74, 6) is -0.251. The Morgan fingerprint density at radius 2 is 2.20 bits per heavy atom. The van der Waals surface area contributed by atoms with Crippen LogP contribution in [0.4, 0.5) is 10.1 Å². The van der Waals surface area contributed by atoms with Crippen LogP contribution in [-0.4, -0.2) is 6.54 Å². The zero-order valence-electron chi connectivity index (χ0n) is 8.26.